The number of piperidine rings is 1. The van der Waals surface area contributed by atoms with E-state index in [2.05, 4.69) is 36.5 Å². The molecule has 0 aliphatic carbocycles. The zero-order valence-corrected chi connectivity index (χ0v) is 10.3. The Labute approximate surface area is 99.3 Å². The first-order chi connectivity index (χ1) is 7.88. The summed E-state index contributed by atoms with van der Waals surface area (Å²) in [6.45, 7) is 3.43. The summed E-state index contributed by atoms with van der Waals surface area (Å²) in [7, 11) is 0. The van der Waals surface area contributed by atoms with Crippen molar-refractivity contribution in [1.82, 2.24) is 5.32 Å². The average molecular weight is 217 g/mol. The SMILES string of the molecule is CCc1ccc(CCC2CCCCN2)cc1. The van der Waals surface area contributed by atoms with Crippen molar-refractivity contribution in [2.24, 2.45) is 0 Å². The van der Waals surface area contributed by atoms with Crippen LogP contribution in [0.5, 0.6) is 0 Å². The smallest absolute Gasteiger partial charge is 0.00702 e. The highest BCUT2D eigenvalue weighted by molar-refractivity contribution is 5.22. The van der Waals surface area contributed by atoms with Gasteiger partial charge in [0.05, 0.1) is 0 Å². The molecule has 1 aromatic carbocycles. The molecule has 16 heavy (non-hydrogen) atoms. The largest absolute Gasteiger partial charge is 0.314 e. The number of rotatable bonds is 4. The number of nitrogens with one attached hydrogen (secondary N) is 1. The van der Waals surface area contributed by atoms with Crippen molar-refractivity contribution in [1.29, 1.82) is 0 Å². The van der Waals surface area contributed by atoms with E-state index in [-0.39, 0.29) is 0 Å². The minimum absolute atomic E-state index is 0.764. The van der Waals surface area contributed by atoms with E-state index in [1.165, 1.54) is 49.8 Å². The van der Waals surface area contributed by atoms with Gasteiger partial charge in [-0.25, -0.2) is 0 Å². The normalized spacial score (nSPS) is 20.9. The van der Waals surface area contributed by atoms with E-state index >= 15 is 0 Å². The van der Waals surface area contributed by atoms with Crippen LogP contribution in [0, 0.1) is 0 Å². The Hall–Kier alpha value is -0.820. The van der Waals surface area contributed by atoms with Gasteiger partial charge in [-0.1, -0.05) is 37.6 Å². The Morgan fingerprint density at radius 3 is 2.50 bits per heavy atom. The second-order valence-corrected chi connectivity index (χ2v) is 4.86. The van der Waals surface area contributed by atoms with Gasteiger partial charge in [0, 0.05) is 6.04 Å². The van der Waals surface area contributed by atoms with Crippen LogP contribution in [-0.2, 0) is 12.8 Å². The quantitative estimate of drug-likeness (QED) is 0.815. The number of benzene rings is 1. The van der Waals surface area contributed by atoms with Crippen LogP contribution in [-0.4, -0.2) is 12.6 Å². The Bertz CT molecular complexity index is 296. The second kappa shape index (κ2) is 6.05. The van der Waals surface area contributed by atoms with E-state index in [4.69, 9.17) is 0 Å². The highest BCUT2D eigenvalue weighted by Gasteiger charge is 2.11. The van der Waals surface area contributed by atoms with E-state index < -0.39 is 0 Å². The lowest BCUT2D eigenvalue weighted by Gasteiger charge is -2.23. The molecule has 0 aromatic heterocycles. The molecule has 0 radical (unpaired) electrons. The molecule has 1 heterocycles. The third-order valence-electron chi connectivity index (χ3n) is 3.63. The van der Waals surface area contributed by atoms with Gasteiger partial charge in [0.2, 0.25) is 0 Å². The van der Waals surface area contributed by atoms with Crippen LogP contribution in [0.25, 0.3) is 0 Å². The van der Waals surface area contributed by atoms with Gasteiger partial charge in [-0.05, 0) is 49.8 Å². The summed E-state index contributed by atoms with van der Waals surface area (Å²) < 4.78 is 0. The fraction of sp³-hybridized carbons (Fsp3) is 0.600. The molecule has 1 aliphatic heterocycles. The first-order valence-electron chi connectivity index (χ1n) is 6.69. The van der Waals surface area contributed by atoms with Crippen molar-refractivity contribution in [3.05, 3.63) is 35.4 Å². The van der Waals surface area contributed by atoms with Gasteiger partial charge in [0.1, 0.15) is 0 Å². The maximum atomic E-state index is 3.61. The van der Waals surface area contributed by atoms with Gasteiger partial charge in [0.25, 0.3) is 0 Å². The first kappa shape index (κ1) is 11.7. The third kappa shape index (κ3) is 3.34. The predicted octanol–water partition coefficient (Wildman–Crippen LogP) is 3.32. The maximum absolute atomic E-state index is 3.61. The first-order valence-corrected chi connectivity index (χ1v) is 6.69. The van der Waals surface area contributed by atoms with Crippen LogP contribution in [0.15, 0.2) is 24.3 Å². The lowest BCUT2D eigenvalue weighted by Crippen LogP contribution is -2.34. The molecular weight excluding hydrogens is 194 g/mol. The highest BCUT2D eigenvalue weighted by atomic mass is 14.9. The van der Waals surface area contributed by atoms with E-state index in [1.54, 1.807) is 0 Å². The standard InChI is InChI=1S/C15H23N/c1-2-13-6-8-14(9-7-13)10-11-15-5-3-4-12-16-15/h6-9,15-16H,2-5,10-12H2,1H3. The van der Waals surface area contributed by atoms with Crippen LogP contribution < -0.4 is 5.32 Å². The summed E-state index contributed by atoms with van der Waals surface area (Å²) in [6.07, 6.45) is 7.80. The van der Waals surface area contributed by atoms with Gasteiger partial charge < -0.3 is 5.32 Å². The van der Waals surface area contributed by atoms with Gasteiger partial charge in [-0.3, -0.25) is 0 Å². The summed E-state index contributed by atoms with van der Waals surface area (Å²) in [5.74, 6) is 0. The van der Waals surface area contributed by atoms with Gasteiger partial charge in [-0.15, -0.1) is 0 Å². The molecule has 1 aromatic rings. The number of hydrogen-bond acceptors (Lipinski definition) is 1. The van der Waals surface area contributed by atoms with E-state index in [0.29, 0.717) is 0 Å². The van der Waals surface area contributed by atoms with Gasteiger partial charge >= 0.3 is 0 Å². The Balaban J connectivity index is 1.79. The van der Waals surface area contributed by atoms with E-state index in [9.17, 15) is 0 Å². The van der Waals surface area contributed by atoms with E-state index in [1.807, 2.05) is 0 Å². The molecule has 0 saturated carbocycles. The van der Waals surface area contributed by atoms with Crippen LogP contribution >= 0.6 is 0 Å². The summed E-state index contributed by atoms with van der Waals surface area (Å²) in [4.78, 5) is 0. The lowest BCUT2D eigenvalue weighted by atomic mass is 9.97. The van der Waals surface area contributed by atoms with Crippen molar-refractivity contribution < 1.29 is 0 Å². The molecule has 1 unspecified atom stereocenters. The fourth-order valence-electron chi connectivity index (χ4n) is 2.45. The van der Waals surface area contributed by atoms with Crippen LogP contribution in [0.2, 0.25) is 0 Å². The third-order valence-corrected chi connectivity index (χ3v) is 3.63. The monoisotopic (exact) mass is 217 g/mol. The van der Waals surface area contributed by atoms with E-state index in [0.717, 1.165) is 12.5 Å². The molecule has 0 amide bonds. The molecule has 1 aliphatic rings. The molecule has 1 N–H and O–H groups in total. The van der Waals surface area contributed by atoms with Crippen LogP contribution in [0.1, 0.15) is 43.7 Å². The summed E-state index contributed by atoms with van der Waals surface area (Å²) in [6, 6.07) is 9.89. The molecule has 1 atom stereocenters. The topological polar surface area (TPSA) is 12.0 Å². The van der Waals surface area contributed by atoms with Crippen molar-refractivity contribution in [2.45, 2.75) is 51.5 Å². The zero-order valence-electron chi connectivity index (χ0n) is 10.3. The number of aryl methyl sites for hydroxylation is 2. The molecule has 88 valence electrons. The number of hydrogen-bond donors (Lipinski definition) is 1. The van der Waals surface area contributed by atoms with Crippen LogP contribution in [0.4, 0.5) is 0 Å². The van der Waals surface area contributed by atoms with Crippen molar-refractivity contribution in [3.8, 4) is 0 Å². The van der Waals surface area contributed by atoms with Crippen molar-refractivity contribution in [2.75, 3.05) is 6.54 Å². The molecule has 1 nitrogen and oxygen atoms in total. The van der Waals surface area contributed by atoms with Gasteiger partial charge in [-0.2, -0.15) is 0 Å². The minimum atomic E-state index is 0.764. The average Bonchev–Trinajstić information content (AvgIpc) is 2.38. The summed E-state index contributed by atoms with van der Waals surface area (Å²) in [5.41, 5.74) is 2.93. The fourth-order valence-corrected chi connectivity index (χ4v) is 2.45. The summed E-state index contributed by atoms with van der Waals surface area (Å²) >= 11 is 0. The zero-order chi connectivity index (χ0) is 11.2. The molecule has 1 saturated heterocycles. The lowest BCUT2D eigenvalue weighted by molar-refractivity contribution is 0.383. The Morgan fingerprint density at radius 1 is 1.12 bits per heavy atom. The highest BCUT2D eigenvalue weighted by Crippen LogP contribution is 2.14. The molecule has 0 spiro atoms. The second-order valence-electron chi connectivity index (χ2n) is 4.86. The van der Waals surface area contributed by atoms with Crippen molar-refractivity contribution in [3.63, 3.8) is 0 Å². The minimum Gasteiger partial charge on any atom is -0.314 e. The molecule has 1 heteroatoms. The Kier molecular flexibility index (Phi) is 4.41. The molecule has 1 fully saturated rings. The Morgan fingerprint density at radius 2 is 1.88 bits per heavy atom. The maximum Gasteiger partial charge on any atom is 0.00702 e. The van der Waals surface area contributed by atoms with Crippen molar-refractivity contribution >= 4 is 0 Å². The molecule has 0 bridgehead atoms. The predicted molar refractivity (Wildman–Crippen MR) is 69.8 cm³/mol. The molecular formula is C15H23N. The molecule has 2 rings (SSSR count). The van der Waals surface area contributed by atoms with Crippen LogP contribution in [0.3, 0.4) is 0 Å². The summed E-state index contributed by atoms with van der Waals surface area (Å²) in [5, 5.41) is 3.61. The van der Waals surface area contributed by atoms with Gasteiger partial charge in [0.15, 0.2) is 0 Å².